The van der Waals surface area contributed by atoms with Gasteiger partial charge in [0.05, 0.1) is 0 Å². The molecule has 27 heavy (non-hydrogen) atoms. The maximum absolute atomic E-state index is 12.1. The average molecular weight is 362 g/mol. The molecule has 1 aromatic heterocycles. The molecule has 1 heterocycles. The van der Waals surface area contributed by atoms with Gasteiger partial charge in [0.1, 0.15) is 6.04 Å². The fraction of sp³-hybridized carbons (Fsp3) is 0.190. The lowest BCUT2D eigenvalue weighted by atomic mass is 10.2. The third-order valence-electron chi connectivity index (χ3n) is 4.04. The van der Waals surface area contributed by atoms with E-state index in [1.165, 1.54) is 6.08 Å². The Bertz CT molecular complexity index is 915. The Kier molecular flexibility index (Phi) is 5.66. The minimum absolute atomic E-state index is 0.221. The van der Waals surface area contributed by atoms with Crippen LogP contribution in [0.4, 0.5) is 5.69 Å². The van der Waals surface area contributed by atoms with Crippen molar-refractivity contribution in [3.63, 3.8) is 0 Å². The van der Waals surface area contributed by atoms with Crippen LogP contribution >= 0.6 is 0 Å². The number of carbonyl (C=O) groups is 1. The molecular formula is C21H22N4O2. The molecule has 0 radical (unpaired) electrons. The first-order valence-electron chi connectivity index (χ1n) is 8.68. The Balaban J connectivity index is 1.63. The summed E-state index contributed by atoms with van der Waals surface area (Å²) in [7, 11) is 3.97. The van der Waals surface area contributed by atoms with E-state index in [0.717, 1.165) is 16.8 Å². The fourth-order valence-corrected chi connectivity index (χ4v) is 2.50. The predicted octanol–water partition coefficient (Wildman–Crippen LogP) is 3.69. The van der Waals surface area contributed by atoms with Crippen LogP contribution in [0.2, 0.25) is 0 Å². The van der Waals surface area contributed by atoms with Gasteiger partial charge in [-0.3, -0.25) is 4.79 Å². The van der Waals surface area contributed by atoms with Gasteiger partial charge >= 0.3 is 0 Å². The summed E-state index contributed by atoms with van der Waals surface area (Å²) in [6.45, 7) is 1.81. The van der Waals surface area contributed by atoms with E-state index in [-0.39, 0.29) is 11.9 Å². The van der Waals surface area contributed by atoms with Crippen LogP contribution < -0.4 is 10.2 Å². The molecule has 0 bridgehead atoms. The summed E-state index contributed by atoms with van der Waals surface area (Å²) in [5, 5.41) is 6.84. The molecule has 0 saturated carbocycles. The van der Waals surface area contributed by atoms with Gasteiger partial charge in [-0.15, -0.1) is 0 Å². The first kappa shape index (κ1) is 18.4. The second-order valence-corrected chi connectivity index (χ2v) is 6.37. The van der Waals surface area contributed by atoms with Gasteiger partial charge < -0.3 is 14.7 Å². The number of hydrogen-bond donors (Lipinski definition) is 1. The summed E-state index contributed by atoms with van der Waals surface area (Å²) in [4.78, 5) is 18.5. The number of hydrogen-bond acceptors (Lipinski definition) is 5. The minimum Gasteiger partial charge on any atom is -0.378 e. The maximum atomic E-state index is 12.1. The topological polar surface area (TPSA) is 71.3 Å². The van der Waals surface area contributed by atoms with Crippen molar-refractivity contribution in [2.45, 2.75) is 13.0 Å². The maximum Gasteiger partial charge on any atom is 0.249 e. The van der Waals surface area contributed by atoms with Crippen molar-refractivity contribution in [3.8, 4) is 11.4 Å². The second kappa shape index (κ2) is 8.31. The SMILES string of the molecule is C[C@H](NC(=O)/C=C/c1ccccc1)c1nc(-c2ccc(N(C)C)cc2)no1. The molecule has 6 heteroatoms. The van der Waals surface area contributed by atoms with Crippen LogP contribution in [0.3, 0.4) is 0 Å². The van der Waals surface area contributed by atoms with E-state index in [2.05, 4.69) is 15.5 Å². The highest BCUT2D eigenvalue weighted by Gasteiger charge is 2.16. The number of anilines is 1. The number of rotatable bonds is 6. The standard InChI is InChI=1S/C21H22N4O2/c1-15(22-19(26)14-9-16-7-5-4-6-8-16)21-23-20(24-27-21)17-10-12-18(13-11-17)25(2)3/h4-15H,1-3H3,(H,22,26)/b14-9+/t15-/m0/s1. The molecule has 0 aliphatic heterocycles. The number of carbonyl (C=O) groups excluding carboxylic acids is 1. The highest BCUT2D eigenvalue weighted by atomic mass is 16.5. The molecule has 0 aliphatic rings. The molecule has 0 unspecified atom stereocenters. The van der Waals surface area contributed by atoms with Crippen LogP contribution in [-0.4, -0.2) is 30.1 Å². The molecule has 3 aromatic rings. The largest absolute Gasteiger partial charge is 0.378 e. The van der Waals surface area contributed by atoms with Crippen LogP contribution in [0.25, 0.3) is 17.5 Å². The molecule has 0 saturated heterocycles. The van der Waals surface area contributed by atoms with Gasteiger partial charge in [0.2, 0.25) is 17.6 Å². The summed E-state index contributed by atoms with van der Waals surface area (Å²) in [5.41, 5.74) is 2.91. The van der Waals surface area contributed by atoms with Crippen molar-refractivity contribution >= 4 is 17.7 Å². The normalized spacial score (nSPS) is 12.1. The van der Waals surface area contributed by atoms with Crippen molar-refractivity contribution in [2.24, 2.45) is 0 Å². The van der Waals surface area contributed by atoms with Crippen LogP contribution in [0.15, 0.2) is 65.2 Å². The van der Waals surface area contributed by atoms with E-state index in [1.54, 1.807) is 13.0 Å². The first-order chi connectivity index (χ1) is 13.0. The molecule has 0 aliphatic carbocycles. The van der Waals surface area contributed by atoms with Crippen LogP contribution in [0.1, 0.15) is 24.4 Å². The number of nitrogens with zero attached hydrogens (tertiary/aromatic N) is 3. The summed E-state index contributed by atoms with van der Waals surface area (Å²) in [5.74, 6) is 0.640. The molecule has 1 atom stereocenters. The molecule has 1 amide bonds. The Morgan fingerprint density at radius 1 is 1.11 bits per heavy atom. The monoisotopic (exact) mass is 362 g/mol. The molecule has 138 valence electrons. The fourth-order valence-electron chi connectivity index (χ4n) is 2.50. The zero-order valence-electron chi connectivity index (χ0n) is 15.6. The summed E-state index contributed by atoms with van der Waals surface area (Å²) >= 11 is 0. The third-order valence-corrected chi connectivity index (χ3v) is 4.04. The predicted molar refractivity (Wildman–Crippen MR) is 106 cm³/mol. The van der Waals surface area contributed by atoms with E-state index in [4.69, 9.17) is 4.52 Å². The molecule has 1 N–H and O–H groups in total. The van der Waals surface area contributed by atoms with Gasteiger partial charge in [0, 0.05) is 31.4 Å². The van der Waals surface area contributed by atoms with Gasteiger partial charge in [0.15, 0.2) is 0 Å². The van der Waals surface area contributed by atoms with Crippen molar-refractivity contribution in [1.29, 1.82) is 0 Å². The van der Waals surface area contributed by atoms with Crippen molar-refractivity contribution < 1.29 is 9.32 Å². The van der Waals surface area contributed by atoms with Crippen molar-refractivity contribution in [3.05, 3.63) is 72.1 Å². The number of benzene rings is 2. The van der Waals surface area contributed by atoms with Crippen molar-refractivity contribution in [2.75, 3.05) is 19.0 Å². The Morgan fingerprint density at radius 2 is 1.81 bits per heavy atom. The average Bonchev–Trinajstić information content (AvgIpc) is 3.18. The van der Waals surface area contributed by atoms with E-state index < -0.39 is 0 Å². The van der Waals surface area contributed by atoms with Gasteiger partial charge in [0.25, 0.3) is 0 Å². The lowest BCUT2D eigenvalue weighted by molar-refractivity contribution is -0.117. The second-order valence-electron chi connectivity index (χ2n) is 6.37. The lowest BCUT2D eigenvalue weighted by Crippen LogP contribution is -2.24. The van der Waals surface area contributed by atoms with Crippen molar-refractivity contribution in [1.82, 2.24) is 15.5 Å². The molecule has 6 nitrogen and oxygen atoms in total. The Hall–Kier alpha value is -3.41. The van der Waals surface area contributed by atoms with Gasteiger partial charge in [-0.2, -0.15) is 4.98 Å². The molecular weight excluding hydrogens is 340 g/mol. The highest BCUT2D eigenvalue weighted by Crippen LogP contribution is 2.21. The zero-order valence-corrected chi connectivity index (χ0v) is 15.6. The summed E-state index contributed by atoms with van der Waals surface area (Å²) in [6, 6.07) is 17.1. The number of nitrogens with one attached hydrogen (secondary N) is 1. The first-order valence-corrected chi connectivity index (χ1v) is 8.68. The molecule has 0 fully saturated rings. The molecule has 0 spiro atoms. The van der Waals surface area contributed by atoms with Crippen LogP contribution in [-0.2, 0) is 4.79 Å². The van der Waals surface area contributed by atoms with E-state index in [0.29, 0.717) is 11.7 Å². The Labute approximate surface area is 158 Å². The smallest absolute Gasteiger partial charge is 0.249 e. The minimum atomic E-state index is -0.389. The molecule has 3 rings (SSSR count). The van der Waals surface area contributed by atoms with E-state index >= 15 is 0 Å². The Morgan fingerprint density at radius 3 is 2.48 bits per heavy atom. The zero-order chi connectivity index (χ0) is 19.2. The quantitative estimate of drug-likeness (QED) is 0.677. The van der Waals surface area contributed by atoms with E-state index in [1.807, 2.05) is 73.6 Å². The number of aromatic nitrogens is 2. The van der Waals surface area contributed by atoms with Gasteiger partial charge in [-0.1, -0.05) is 35.5 Å². The van der Waals surface area contributed by atoms with E-state index in [9.17, 15) is 4.79 Å². The summed E-state index contributed by atoms with van der Waals surface area (Å²) in [6.07, 6.45) is 3.25. The van der Waals surface area contributed by atoms with Gasteiger partial charge in [-0.05, 0) is 42.8 Å². The molecule has 2 aromatic carbocycles. The highest BCUT2D eigenvalue weighted by molar-refractivity contribution is 5.91. The van der Waals surface area contributed by atoms with Gasteiger partial charge in [-0.25, -0.2) is 0 Å². The van der Waals surface area contributed by atoms with Crippen LogP contribution in [0, 0.1) is 0 Å². The summed E-state index contributed by atoms with van der Waals surface area (Å²) < 4.78 is 5.31. The lowest BCUT2D eigenvalue weighted by Gasteiger charge is -2.11. The third kappa shape index (κ3) is 4.82. The number of amides is 1. The van der Waals surface area contributed by atoms with Crippen LogP contribution in [0.5, 0.6) is 0 Å².